The van der Waals surface area contributed by atoms with Crippen molar-refractivity contribution in [3.8, 4) is 11.4 Å². The van der Waals surface area contributed by atoms with Gasteiger partial charge in [0.2, 0.25) is 0 Å². The topological polar surface area (TPSA) is 114 Å². The van der Waals surface area contributed by atoms with Crippen molar-refractivity contribution in [3.05, 3.63) is 64.2 Å². The van der Waals surface area contributed by atoms with Crippen molar-refractivity contribution in [2.24, 2.45) is 5.41 Å². The van der Waals surface area contributed by atoms with Crippen LogP contribution in [0.5, 0.6) is 5.75 Å². The van der Waals surface area contributed by atoms with E-state index in [1.165, 1.54) is 15.8 Å². The van der Waals surface area contributed by atoms with Crippen molar-refractivity contribution in [3.63, 3.8) is 0 Å². The van der Waals surface area contributed by atoms with Crippen molar-refractivity contribution in [2.45, 2.75) is 65.1 Å². The average Bonchev–Trinajstić information content (AvgIpc) is 3.54. The molecule has 1 aliphatic heterocycles. The molecular weight excluding hydrogens is 472 g/mol. The van der Waals surface area contributed by atoms with Gasteiger partial charge in [-0.05, 0) is 61.1 Å². The molecule has 194 valence electrons. The molecule has 2 N–H and O–H groups in total. The maximum absolute atomic E-state index is 13.6. The molecule has 2 atom stereocenters. The van der Waals surface area contributed by atoms with Crippen LogP contribution in [0.25, 0.3) is 16.6 Å². The van der Waals surface area contributed by atoms with E-state index in [0.717, 1.165) is 18.4 Å². The minimum absolute atomic E-state index is 0.151. The number of ether oxygens (including phenoxy) is 1. The SMILES string of the molecule is Cc1ccc(C(=O)NC2CC2)cc1-n1cnc2ccc(O[C@H]3CCN(C(=O)O)C3C(C)(C)C)cc2c1=O. The molecule has 9 nitrogen and oxygen atoms in total. The lowest BCUT2D eigenvalue weighted by atomic mass is 9.84. The maximum atomic E-state index is 13.6. The normalized spacial score (nSPS) is 19.7. The highest BCUT2D eigenvalue weighted by Gasteiger charge is 2.45. The van der Waals surface area contributed by atoms with Crippen molar-refractivity contribution in [1.29, 1.82) is 0 Å². The molecule has 2 heterocycles. The third kappa shape index (κ3) is 4.90. The van der Waals surface area contributed by atoms with Gasteiger partial charge in [0.25, 0.3) is 11.5 Å². The Morgan fingerprint density at radius 3 is 2.54 bits per heavy atom. The largest absolute Gasteiger partial charge is 0.488 e. The number of hydrogen-bond donors (Lipinski definition) is 2. The Bertz CT molecular complexity index is 1440. The Labute approximate surface area is 215 Å². The van der Waals surface area contributed by atoms with Crippen molar-refractivity contribution >= 4 is 22.9 Å². The Hall–Kier alpha value is -3.88. The van der Waals surface area contributed by atoms with Crippen LogP contribution >= 0.6 is 0 Å². The van der Waals surface area contributed by atoms with Gasteiger partial charge in [-0.2, -0.15) is 0 Å². The lowest BCUT2D eigenvalue weighted by molar-refractivity contribution is 0.0572. The molecule has 3 aromatic rings. The number of carbonyl (C=O) groups is 2. The summed E-state index contributed by atoms with van der Waals surface area (Å²) in [5.74, 6) is 0.339. The van der Waals surface area contributed by atoms with Crippen LogP contribution in [-0.2, 0) is 0 Å². The summed E-state index contributed by atoms with van der Waals surface area (Å²) in [4.78, 5) is 43.9. The van der Waals surface area contributed by atoms with Gasteiger partial charge in [-0.15, -0.1) is 0 Å². The molecule has 0 radical (unpaired) electrons. The first-order valence-electron chi connectivity index (χ1n) is 12.6. The highest BCUT2D eigenvalue weighted by molar-refractivity contribution is 5.95. The van der Waals surface area contributed by atoms with Gasteiger partial charge in [-0.1, -0.05) is 26.8 Å². The number of benzene rings is 2. The van der Waals surface area contributed by atoms with Gasteiger partial charge < -0.3 is 20.1 Å². The molecule has 37 heavy (non-hydrogen) atoms. The fraction of sp³-hybridized carbons (Fsp3) is 0.429. The third-order valence-corrected chi connectivity index (χ3v) is 7.14. The second-order valence-electron chi connectivity index (χ2n) is 11.1. The van der Waals surface area contributed by atoms with Gasteiger partial charge in [0.15, 0.2) is 0 Å². The average molecular weight is 505 g/mol. The molecule has 0 spiro atoms. The molecule has 2 aliphatic rings. The van der Waals surface area contributed by atoms with Crippen molar-refractivity contribution in [2.75, 3.05) is 6.54 Å². The van der Waals surface area contributed by atoms with E-state index in [1.54, 1.807) is 30.3 Å². The molecule has 2 amide bonds. The fourth-order valence-corrected chi connectivity index (χ4v) is 5.15. The van der Waals surface area contributed by atoms with Gasteiger partial charge in [-0.3, -0.25) is 14.2 Å². The Kier molecular flexibility index (Phi) is 6.17. The predicted octanol–water partition coefficient (Wildman–Crippen LogP) is 4.13. The van der Waals surface area contributed by atoms with E-state index in [2.05, 4.69) is 10.3 Å². The predicted molar refractivity (Wildman–Crippen MR) is 140 cm³/mol. The minimum atomic E-state index is -0.958. The van der Waals surface area contributed by atoms with Crippen LogP contribution in [0.1, 0.15) is 56.0 Å². The first-order chi connectivity index (χ1) is 17.5. The Morgan fingerprint density at radius 2 is 1.86 bits per heavy atom. The molecule has 9 heteroatoms. The smallest absolute Gasteiger partial charge is 0.407 e. The van der Waals surface area contributed by atoms with E-state index >= 15 is 0 Å². The summed E-state index contributed by atoms with van der Waals surface area (Å²) >= 11 is 0. The van der Waals surface area contributed by atoms with Gasteiger partial charge in [0, 0.05) is 24.6 Å². The Morgan fingerprint density at radius 1 is 1.11 bits per heavy atom. The summed E-state index contributed by atoms with van der Waals surface area (Å²) in [5.41, 5.74) is 1.86. The lowest BCUT2D eigenvalue weighted by Gasteiger charge is -2.36. The summed E-state index contributed by atoms with van der Waals surface area (Å²) in [5, 5.41) is 13.0. The third-order valence-electron chi connectivity index (χ3n) is 7.14. The van der Waals surface area contributed by atoms with Gasteiger partial charge in [0.05, 0.1) is 22.6 Å². The zero-order chi connectivity index (χ0) is 26.5. The van der Waals surface area contributed by atoms with Crippen LogP contribution in [0.15, 0.2) is 47.5 Å². The number of hydrogen-bond acceptors (Lipinski definition) is 5. The van der Waals surface area contributed by atoms with Gasteiger partial charge >= 0.3 is 6.09 Å². The molecule has 2 aromatic carbocycles. The van der Waals surface area contributed by atoms with Crippen LogP contribution in [0.3, 0.4) is 0 Å². The van der Waals surface area contributed by atoms with E-state index in [4.69, 9.17) is 4.74 Å². The number of likely N-dealkylation sites (tertiary alicyclic amines) is 1. The zero-order valence-corrected chi connectivity index (χ0v) is 21.5. The summed E-state index contributed by atoms with van der Waals surface area (Å²) in [6, 6.07) is 10.4. The summed E-state index contributed by atoms with van der Waals surface area (Å²) in [6.45, 7) is 8.28. The fourth-order valence-electron chi connectivity index (χ4n) is 5.15. The molecule has 1 unspecified atom stereocenters. The Balaban J connectivity index is 1.48. The highest BCUT2D eigenvalue weighted by atomic mass is 16.5. The van der Waals surface area contributed by atoms with Crippen LogP contribution in [0.2, 0.25) is 0 Å². The van der Waals surface area contributed by atoms with Crippen molar-refractivity contribution in [1.82, 2.24) is 19.8 Å². The molecule has 5 rings (SSSR count). The molecule has 0 bridgehead atoms. The first-order valence-corrected chi connectivity index (χ1v) is 12.6. The molecule has 1 saturated heterocycles. The molecule has 1 aromatic heterocycles. The van der Waals surface area contributed by atoms with E-state index in [1.807, 2.05) is 33.8 Å². The van der Waals surface area contributed by atoms with E-state index in [-0.39, 0.29) is 35.1 Å². The molecule has 2 fully saturated rings. The summed E-state index contributed by atoms with van der Waals surface area (Å²) in [6.07, 6.45) is 2.74. The first kappa shape index (κ1) is 24.8. The van der Waals surface area contributed by atoms with Gasteiger partial charge in [-0.25, -0.2) is 9.78 Å². The van der Waals surface area contributed by atoms with Crippen LogP contribution in [0, 0.1) is 12.3 Å². The number of rotatable bonds is 5. The monoisotopic (exact) mass is 504 g/mol. The second kappa shape index (κ2) is 9.21. The highest BCUT2D eigenvalue weighted by Crippen LogP contribution is 2.35. The van der Waals surface area contributed by atoms with Crippen LogP contribution in [-0.4, -0.2) is 56.3 Å². The van der Waals surface area contributed by atoms with Crippen LogP contribution in [0.4, 0.5) is 4.79 Å². The molecule has 1 aliphatic carbocycles. The molecular formula is C28H32N4O5. The number of amides is 2. The van der Waals surface area contributed by atoms with Crippen LogP contribution < -0.4 is 15.6 Å². The second-order valence-corrected chi connectivity index (χ2v) is 11.1. The quantitative estimate of drug-likeness (QED) is 0.540. The number of aryl methyl sites for hydroxylation is 1. The summed E-state index contributed by atoms with van der Waals surface area (Å²) in [7, 11) is 0. The number of carboxylic acid groups (broad SMARTS) is 1. The number of fused-ring (bicyclic) bond motifs is 1. The number of aromatic nitrogens is 2. The maximum Gasteiger partial charge on any atom is 0.407 e. The van der Waals surface area contributed by atoms with E-state index in [9.17, 15) is 19.5 Å². The summed E-state index contributed by atoms with van der Waals surface area (Å²) < 4.78 is 7.74. The van der Waals surface area contributed by atoms with E-state index < -0.39 is 6.09 Å². The number of nitrogens with one attached hydrogen (secondary N) is 1. The lowest BCUT2D eigenvalue weighted by Crippen LogP contribution is -2.48. The van der Waals surface area contributed by atoms with Crippen molar-refractivity contribution < 1.29 is 19.4 Å². The molecule has 1 saturated carbocycles. The standard InChI is InChI=1S/C28H32N4O5/c1-16-5-6-17(25(33)30-18-7-8-18)13-22(16)32-15-29-21-10-9-19(14-20(21)26(32)34)37-23-11-12-31(27(35)36)24(23)28(2,3)4/h5-6,9-10,13-15,18,23-24H,7-8,11-12H2,1-4H3,(H,30,33)(H,35,36)/t23-,24?/m0/s1. The zero-order valence-electron chi connectivity index (χ0n) is 21.5. The number of carbonyl (C=O) groups excluding carboxylic acids is 1. The van der Waals surface area contributed by atoms with Gasteiger partial charge in [0.1, 0.15) is 18.2 Å². The minimum Gasteiger partial charge on any atom is -0.488 e. The number of nitrogens with zero attached hydrogens (tertiary/aromatic N) is 3. The van der Waals surface area contributed by atoms with E-state index in [0.29, 0.717) is 40.9 Å².